The van der Waals surface area contributed by atoms with Gasteiger partial charge in [0.15, 0.2) is 0 Å². The zero-order valence-corrected chi connectivity index (χ0v) is 43.0. The van der Waals surface area contributed by atoms with Crippen LogP contribution in [0.3, 0.4) is 0 Å². The summed E-state index contributed by atoms with van der Waals surface area (Å²) in [4.78, 5) is 9.54. The van der Waals surface area contributed by atoms with Crippen LogP contribution in [0.25, 0.3) is 27.6 Å². The SMILES string of the molecule is CC(C)(C)c1cc(Oc2[c-]c3c(cc2)c2ccccc2n3-c2cc(C(C)(C)c3ccccc3)ccn2)[c-]c(N2[CH-]N(c3ccc(C(C)(C)c4ccccc4)cc3)c3ccc(C(C)(C)C)cc32)c1.[Pt]. The Hall–Kier alpha value is -6.42. The summed E-state index contributed by atoms with van der Waals surface area (Å²) in [6, 6.07) is 66.1. The quantitative estimate of drug-likeness (QED) is 0.135. The van der Waals surface area contributed by atoms with Crippen molar-refractivity contribution in [3.8, 4) is 17.3 Å². The van der Waals surface area contributed by atoms with E-state index in [0.717, 1.165) is 55.9 Å². The van der Waals surface area contributed by atoms with Crippen molar-refractivity contribution in [1.82, 2.24) is 9.55 Å². The van der Waals surface area contributed by atoms with Gasteiger partial charge < -0.3 is 19.1 Å². The Balaban J connectivity index is 0.00000578. The van der Waals surface area contributed by atoms with Crippen LogP contribution in [0.2, 0.25) is 0 Å². The summed E-state index contributed by atoms with van der Waals surface area (Å²) in [5.41, 5.74) is 12.9. The number of anilines is 4. The molecule has 0 saturated carbocycles. The van der Waals surface area contributed by atoms with Crippen molar-refractivity contribution >= 4 is 44.6 Å². The maximum absolute atomic E-state index is 6.91. The molecule has 2 aromatic heterocycles. The van der Waals surface area contributed by atoms with Gasteiger partial charge in [-0.1, -0.05) is 172 Å². The summed E-state index contributed by atoms with van der Waals surface area (Å²) in [5, 5.41) is 2.22. The van der Waals surface area contributed by atoms with Crippen LogP contribution in [-0.4, -0.2) is 9.55 Å². The van der Waals surface area contributed by atoms with E-state index in [9.17, 15) is 0 Å². The van der Waals surface area contributed by atoms with Crippen molar-refractivity contribution in [3.63, 3.8) is 0 Å². The average molecular weight is 1070 g/mol. The van der Waals surface area contributed by atoms with Gasteiger partial charge >= 0.3 is 0 Å². The van der Waals surface area contributed by atoms with Crippen LogP contribution < -0.4 is 14.5 Å². The zero-order chi connectivity index (χ0) is 46.9. The van der Waals surface area contributed by atoms with Gasteiger partial charge in [0, 0.05) is 72.2 Å². The summed E-state index contributed by atoms with van der Waals surface area (Å²) < 4.78 is 9.12. The Labute approximate surface area is 417 Å². The minimum Gasteiger partial charge on any atom is -0.509 e. The maximum atomic E-state index is 6.91. The molecule has 6 heteroatoms. The molecule has 10 rings (SSSR count). The number of pyridine rings is 1. The van der Waals surface area contributed by atoms with Gasteiger partial charge in [-0.2, -0.15) is 6.07 Å². The zero-order valence-electron chi connectivity index (χ0n) is 40.8. The summed E-state index contributed by atoms with van der Waals surface area (Å²) in [6.07, 6.45) is 1.92. The largest absolute Gasteiger partial charge is 0.509 e. The number of aromatic nitrogens is 2. The Bertz CT molecular complexity index is 3270. The molecule has 0 amide bonds. The fourth-order valence-corrected chi connectivity index (χ4v) is 9.47. The van der Waals surface area contributed by atoms with Crippen molar-refractivity contribution in [2.24, 2.45) is 0 Å². The van der Waals surface area contributed by atoms with E-state index in [1.165, 1.54) is 27.8 Å². The van der Waals surface area contributed by atoms with Crippen LogP contribution in [0.5, 0.6) is 11.5 Å². The van der Waals surface area contributed by atoms with Crippen LogP contribution in [0, 0.1) is 18.8 Å². The van der Waals surface area contributed by atoms with Crippen LogP contribution in [0.1, 0.15) is 103 Å². The number of para-hydroxylation sites is 1. The second-order valence-corrected chi connectivity index (χ2v) is 21.1. The van der Waals surface area contributed by atoms with Gasteiger partial charge in [-0.25, -0.2) is 4.98 Å². The van der Waals surface area contributed by atoms with Crippen molar-refractivity contribution < 1.29 is 25.8 Å². The van der Waals surface area contributed by atoms with Gasteiger partial charge in [0.05, 0.1) is 0 Å². The molecular weight excluding hydrogens is 1010 g/mol. The molecule has 68 heavy (non-hydrogen) atoms. The molecule has 0 bridgehead atoms. The number of fused-ring (bicyclic) bond motifs is 4. The van der Waals surface area contributed by atoms with Gasteiger partial charge in [-0.15, -0.1) is 53.6 Å². The third-order valence-electron chi connectivity index (χ3n) is 13.9. The predicted octanol–water partition coefficient (Wildman–Crippen LogP) is 16.2. The van der Waals surface area contributed by atoms with Crippen LogP contribution >= 0.6 is 0 Å². The van der Waals surface area contributed by atoms with Gasteiger partial charge in [0.25, 0.3) is 0 Å². The van der Waals surface area contributed by atoms with Crippen LogP contribution in [0.4, 0.5) is 22.7 Å². The van der Waals surface area contributed by atoms with E-state index in [-0.39, 0.29) is 42.7 Å². The second kappa shape index (κ2) is 17.6. The van der Waals surface area contributed by atoms with Gasteiger partial charge in [0.2, 0.25) is 0 Å². The average Bonchev–Trinajstić information content (AvgIpc) is 3.87. The molecule has 1 aliphatic rings. The van der Waals surface area contributed by atoms with Crippen molar-refractivity contribution in [1.29, 1.82) is 0 Å². The fourth-order valence-electron chi connectivity index (χ4n) is 9.47. The number of hydrogen-bond acceptors (Lipinski definition) is 4. The Morgan fingerprint density at radius 3 is 1.74 bits per heavy atom. The number of rotatable bonds is 9. The van der Waals surface area contributed by atoms with E-state index >= 15 is 0 Å². The van der Waals surface area contributed by atoms with E-state index in [0.29, 0.717) is 11.5 Å². The van der Waals surface area contributed by atoms with Gasteiger partial charge in [-0.3, -0.25) is 0 Å². The van der Waals surface area contributed by atoms with Crippen molar-refractivity contribution in [2.75, 3.05) is 9.80 Å². The number of ether oxygens (including phenoxy) is 1. The molecule has 346 valence electrons. The number of hydrogen-bond donors (Lipinski definition) is 0. The van der Waals surface area contributed by atoms with Gasteiger partial charge in [0.1, 0.15) is 5.82 Å². The van der Waals surface area contributed by atoms with E-state index in [4.69, 9.17) is 9.72 Å². The molecule has 0 spiro atoms. The van der Waals surface area contributed by atoms with E-state index in [1.54, 1.807) is 0 Å². The van der Waals surface area contributed by atoms with Crippen LogP contribution in [0.15, 0.2) is 170 Å². The summed E-state index contributed by atoms with van der Waals surface area (Å²) >= 11 is 0. The Kier molecular flexibility index (Phi) is 12.1. The first-order valence-electron chi connectivity index (χ1n) is 23.4. The molecule has 3 heterocycles. The first kappa shape index (κ1) is 46.7. The molecular formula is C62H59N4OPt-3. The molecule has 0 radical (unpaired) electrons. The molecule has 0 saturated heterocycles. The topological polar surface area (TPSA) is 33.5 Å². The summed E-state index contributed by atoms with van der Waals surface area (Å²) in [7, 11) is 0. The number of nitrogens with zero attached hydrogens (tertiary/aromatic N) is 4. The first-order chi connectivity index (χ1) is 32.0. The minimum absolute atomic E-state index is 0. The van der Waals surface area contributed by atoms with Crippen molar-refractivity contribution in [3.05, 3.63) is 222 Å². The smallest absolute Gasteiger partial charge is 0.135 e. The monoisotopic (exact) mass is 1070 g/mol. The third-order valence-corrected chi connectivity index (χ3v) is 13.9. The molecule has 9 aromatic rings. The van der Waals surface area contributed by atoms with E-state index in [2.05, 4.69) is 260 Å². The number of benzene rings is 7. The van der Waals surface area contributed by atoms with Crippen LogP contribution in [-0.2, 0) is 42.7 Å². The standard InChI is InChI=1S/C62H59N4O.Pt/c1-59(2,3)45-27-32-55-57(37-45)65(41-64(55)48-28-25-44(26-29-48)61(7,8)42-19-13-11-14-20-42)49-35-47(60(4,5)6)36-51(39-49)67-50-30-31-53-52-23-17-18-24-54(52)66(56(53)40-50)58-38-46(33-34-63-58)62(9,10)43-21-15-12-16-22-43;/h11-38,41H,1-10H3;/q-3;. The molecule has 7 aromatic carbocycles. The first-order valence-corrected chi connectivity index (χ1v) is 23.4. The maximum Gasteiger partial charge on any atom is 0.135 e. The predicted molar refractivity (Wildman–Crippen MR) is 279 cm³/mol. The minimum atomic E-state index is -0.232. The Morgan fingerprint density at radius 1 is 0.471 bits per heavy atom. The Morgan fingerprint density at radius 2 is 1.07 bits per heavy atom. The summed E-state index contributed by atoms with van der Waals surface area (Å²) in [6.45, 7) is 24.9. The molecule has 5 nitrogen and oxygen atoms in total. The van der Waals surface area contributed by atoms with E-state index < -0.39 is 0 Å². The molecule has 0 fully saturated rings. The fraction of sp³-hybridized carbons (Fsp3) is 0.226. The molecule has 0 atom stereocenters. The molecule has 1 aliphatic heterocycles. The van der Waals surface area contributed by atoms with Gasteiger partial charge in [-0.05, 0) is 86.5 Å². The summed E-state index contributed by atoms with van der Waals surface area (Å²) in [5.74, 6) is 2.06. The molecule has 0 aliphatic carbocycles. The molecule has 0 N–H and O–H groups in total. The second-order valence-electron chi connectivity index (χ2n) is 21.1. The third kappa shape index (κ3) is 8.56. The van der Waals surface area contributed by atoms with Crippen molar-refractivity contribution in [2.45, 2.75) is 90.9 Å². The molecule has 0 unspecified atom stereocenters. The normalized spacial score (nSPS) is 13.2. The van der Waals surface area contributed by atoms with E-state index in [1.807, 2.05) is 12.3 Å².